The van der Waals surface area contributed by atoms with Crippen molar-refractivity contribution in [1.29, 1.82) is 0 Å². The average Bonchev–Trinajstić information content (AvgIpc) is 2.46. The van der Waals surface area contributed by atoms with Crippen LogP contribution in [0, 0.1) is 0 Å². The Morgan fingerprint density at radius 2 is 2.10 bits per heavy atom. The van der Waals surface area contributed by atoms with E-state index in [4.69, 9.17) is 18.0 Å². The highest BCUT2D eigenvalue weighted by atomic mass is 32.1. The number of hydrogen-bond donors (Lipinski definition) is 2. The van der Waals surface area contributed by atoms with Gasteiger partial charge in [-0.15, -0.1) is 0 Å². The zero-order valence-electron chi connectivity index (χ0n) is 11.5. The van der Waals surface area contributed by atoms with Gasteiger partial charge in [0.05, 0.1) is 21.6 Å². The molecule has 0 saturated carbocycles. The van der Waals surface area contributed by atoms with Gasteiger partial charge in [0.25, 0.3) is 5.91 Å². The lowest BCUT2D eigenvalue weighted by molar-refractivity contribution is 0.0928. The van der Waals surface area contributed by atoms with Crippen molar-refractivity contribution < 1.29 is 4.79 Å². The maximum absolute atomic E-state index is 12.5. The van der Waals surface area contributed by atoms with E-state index in [0.717, 1.165) is 5.39 Å². The molecule has 0 bridgehead atoms. The molecule has 1 amide bonds. The van der Waals surface area contributed by atoms with Crippen LogP contribution in [0.2, 0.25) is 0 Å². The molecule has 104 valence electrons. The van der Waals surface area contributed by atoms with Gasteiger partial charge in [-0.05, 0) is 25.5 Å². The molecule has 0 spiro atoms. The van der Waals surface area contributed by atoms with E-state index in [1.807, 2.05) is 38.1 Å². The van der Waals surface area contributed by atoms with Gasteiger partial charge in [0.1, 0.15) is 0 Å². The SMILES string of the molecule is CCC(C)(NC(=O)c1cccc2cccnc12)C(N)=S. The van der Waals surface area contributed by atoms with Gasteiger partial charge in [0, 0.05) is 11.6 Å². The first-order valence-corrected chi connectivity index (χ1v) is 6.85. The Balaban J connectivity index is 2.40. The number of nitrogens with zero attached hydrogens (tertiary/aromatic N) is 1. The smallest absolute Gasteiger partial charge is 0.254 e. The van der Waals surface area contributed by atoms with Crippen LogP contribution in [-0.2, 0) is 0 Å². The minimum absolute atomic E-state index is 0.216. The molecule has 2 rings (SSSR count). The van der Waals surface area contributed by atoms with Gasteiger partial charge in [0.2, 0.25) is 0 Å². The van der Waals surface area contributed by atoms with E-state index in [-0.39, 0.29) is 10.9 Å². The van der Waals surface area contributed by atoms with Crippen molar-refractivity contribution in [2.45, 2.75) is 25.8 Å². The predicted molar refractivity (Wildman–Crippen MR) is 84.7 cm³/mol. The number of thiocarbonyl (C=S) groups is 1. The van der Waals surface area contributed by atoms with E-state index in [1.54, 1.807) is 12.3 Å². The number of nitrogens with two attached hydrogens (primary N) is 1. The van der Waals surface area contributed by atoms with Crippen LogP contribution in [0.4, 0.5) is 0 Å². The summed E-state index contributed by atoms with van der Waals surface area (Å²) in [5.74, 6) is -0.216. The highest BCUT2D eigenvalue weighted by Crippen LogP contribution is 2.18. The summed E-state index contributed by atoms with van der Waals surface area (Å²) in [6, 6.07) is 9.27. The molecule has 0 saturated heterocycles. The maximum Gasteiger partial charge on any atom is 0.254 e. The summed E-state index contributed by atoms with van der Waals surface area (Å²) in [5.41, 5.74) is 6.23. The van der Waals surface area contributed by atoms with Gasteiger partial charge in [0.15, 0.2) is 0 Å². The van der Waals surface area contributed by atoms with Crippen molar-refractivity contribution in [3.63, 3.8) is 0 Å². The first-order chi connectivity index (χ1) is 9.48. The molecule has 1 atom stereocenters. The Bertz CT molecular complexity index is 666. The van der Waals surface area contributed by atoms with Crippen molar-refractivity contribution in [3.05, 3.63) is 42.1 Å². The van der Waals surface area contributed by atoms with Crippen molar-refractivity contribution in [2.75, 3.05) is 0 Å². The van der Waals surface area contributed by atoms with Gasteiger partial charge in [-0.2, -0.15) is 0 Å². The van der Waals surface area contributed by atoms with Crippen LogP contribution in [0.5, 0.6) is 0 Å². The highest BCUT2D eigenvalue weighted by molar-refractivity contribution is 7.80. The third-order valence-electron chi connectivity index (χ3n) is 3.52. The summed E-state index contributed by atoms with van der Waals surface area (Å²) in [6.45, 7) is 3.76. The molecule has 0 radical (unpaired) electrons. The molecule has 2 aromatic rings. The zero-order valence-corrected chi connectivity index (χ0v) is 12.3. The molecule has 0 aliphatic carbocycles. The molecule has 0 aliphatic heterocycles. The molecule has 5 heteroatoms. The molecule has 1 aromatic carbocycles. The first kappa shape index (κ1) is 14.4. The van der Waals surface area contributed by atoms with Crippen molar-refractivity contribution in [3.8, 4) is 0 Å². The van der Waals surface area contributed by atoms with E-state index >= 15 is 0 Å². The summed E-state index contributed by atoms with van der Waals surface area (Å²) in [4.78, 5) is 17.0. The fourth-order valence-electron chi connectivity index (χ4n) is 1.93. The van der Waals surface area contributed by atoms with E-state index < -0.39 is 5.54 Å². The number of benzene rings is 1. The fourth-order valence-corrected chi connectivity index (χ4v) is 2.12. The van der Waals surface area contributed by atoms with Gasteiger partial charge in [-0.3, -0.25) is 9.78 Å². The summed E-state index contributed by atoms with van der Waals surface area (Å²) in [7, 11) is 0. The largest absolute Gasteiger partial charge is 0.391 e. The minimum Gasteiger partial charge on any atom is -0.391 e. The van der Waals surface area contributed by atoms with E-state index in [0.29, 0.717) is 17.5 Å². The molecule has 1 heterocycles. The van der Waals surface area contributed by atoms with Gasteiger partial charge in [-0.25, -0.2) is 0 Å². The Kier molecular flexibility index (Phi) is 3.99. The lowest BCUT2D eigenvalue weighted by Gasteiger charge is -2.28. The number of pyridine rings is 1. The standard InChI is InChI=1S/C15H17N3OS/c1-3-15(2,14(16)20)18-13(19)11-8-4-6-10-7-5-9-17-12(10)11/h4-9H,3H2,1-2H3,(H2,16,20)(H,18,19). The van der Waals surface area contributed by atoms with Crippen LogP contribution < -0.4 is 11.1 Å². The maximum atomic E-state index is 12.5. The lowest BCUT2D eigenvalue weighted by atomic mass is 9.98. The lowest BCUT2D eigenvalue weighted by Crippen LogP contribution is -2.54. The third-order valence-corrected chi connectivity index (χ3v) is 3.97. The summed E-state index contributed by atoms with van der Waals surface area (Å²) in [5, 5.41) is 3.83. The van der Waals surface area contributed by atoms with Crippen LogP contribution in [0.25, 0.3) is 10.9 Å². The summed E-state index contributed by atoms with van der Waals surface area (Å²) >= 11 is 5.04. The van der Waals surface area contributed by atoms with Crippen LogP contribution in [0.1, 0.15) is 30.6 Å². The fraction of sp³-hybridized carbons (Fsp3) is 0.267. The predicted octanol–water partition coefficient (Wildman–Crippen LogP) is 2.42. The quantitative estimate of drug-likeness (QED) is 0.847. The Morgan fingerprint density at radius 3 is 2.75 bits per heavy atom. The van der Waals surface area contributed by atoms with E-state index in [1.165, 1.54) is 0 Å². The number of para-hydroxylation sites is 1. The number of carbonyl (C=O) groups is 1. The van der Waals surface area contributed by atoms with Crippen molar-refractivity contribution in [2.24, 2.45) is 5.73 Å². The van der Waals surface area contributed by atoms with E-state index in [9.17, 15) is 4.79 Å². The number of carbonyl (C=O) groups excluding carboxylic acids is 1. The molecule has 1 aromatic heterocycles. The van der Waals surface area contributed by atoms with Gasteiger partial charge < -0.3 is 11.1 Å². The zero-order chi connectivity index (χ0) is 14.8. The second kappa shape index (κ2) is 5.54. The molecule has 3 N–H and O–H groups in total. The van der Waals surface area contributed by atoms with Crippen LogP contribution >= 0.6 is 12.2 Å². The number of amides is 1. The topological polar surface area (TPSA) is 68.0 Å². The molecule has 4 nitrogen and oxygen atoms in total. The monoisotopic (exact) mass is 287 g/mol. The Morgan fingerprint density at radius 1 is 1.40 bits per heavy atom. The Labute approximate surface area is 123 Å². The molecule has 0 aliphatic rings. The number of fused-ring (bicyclic) bond motifs is 1. The number of aromatic nitrogens is 1. The summed E-state index contributed by atoms with van der Waals surface area (Å²) in [6.07, 6.45) is 2.30. The van der Waals surface area contributed by atoms with Crippen molar-refractivity contribution >= 4 is 34.0 Å². The van der Waals surface area contributed by atoms with Gasteiger partial charge >= 0.3 is 0 Å². The summed E-state index contributed by atoms with van der Waals surface area (Å²) < 4.78 is 0. The number of nitrogens with one attached hydrogen (secondary N) is 1. The normalized spacial score (nSPS) is 13.7. The molecule has 1 unspecified atom stereocenters. The second-order valence-corrected chi connectivity index (χ2v) is 5.32. The minimum atomic E-state index is -0.691. The second-order valence-electron chi connectivity index (χ2n) is 4.88. The molecule has 0 fully saturated rings. The van der Waals surface area contributed by atoms with Crippen LogP contribution in [-0.4, -0.2) is 21.4 Å². The number of hydrogen-bond acceptors (Lipinski definition) is 3. The first-order valence-electron chi connectivity index (χ1n) is 6.44. The third kappa shape index (κ3) is 2.63. The van der Waals surface area contributed by atoms with Gasteiger partial charge in [-0.1, -0.05) is 37.3 Å². The number of rotatable bonds is 4. The molecule has 20 heavy (non-hydrogen) atoms. The Hall–Kier alpha value is -2.01. The van der Waals surface area contributed by atoms with Crippen molar-refractivity contribution in [1.82, 2.24) is 10.3 Å². The molecular formula is C15H17N3OS. The highest BCUT2D eigenvalue weighted by Gasteiger charge is 2.28. The van der Waals surface area contributed by atoms with Crippen LogP contribution in [0.15, 0.2) is 36.5 Å². The molecular weight excluding hydrogens is 270 g/mol. The van der Waals surface area contributed by atoms with Crippen LogP contribution in [0.3, 0.4) is 0 Å². The average molecular weight is 287 g/mol. The van der Waals surface area contributed by atoms with E-state index in [2.05, 4.69) is 10.3 Å².